The lowest BCUT2D eigenvalue weighted by Gasteiger charge is -2.17. The Morgan fingerprint density at radius 2 is 0.981 bits per heavy atom. The monoisotopic (exact) mass is 722 g/mol. The van der Waals surface area contributed by atoms with E-state index in [1.165, 1.54) is 63.5 Å². The van der Waals surface area contributed by atoms with E-state index in [0.29, 0.717) is 19.3 Å². The summed E-state index contributed by atoms with van der Waals surface area (Å²) in [5.41, 5.74) is 12.1. The number of aromatic hydroxyl groups is 2. The molecule has 0 saturated carbocycles. The molecule has 0 fully saturated rings. The number of aryl methyl sites for hydroxylation is 2. The summed E-state index contributed by atoms with van der Waals surface area (Å²) in [6, 6.07) is 10.1. The molecule has 0 aliphatic carbocycles. The van der Waals surface area contributed by atoms with E-state index in [1.807, 2.05) is 19.1 Å². The van der Waals surface area contributed by atoms with Gasteiger partial charge < -0.3 is 10.2 Å². The van der Waals surface area contributed by atoms with Gasteiger partial charge in [-0.25, -0.2) is 0 Å². The number of hydrazine groups is 2. The van der Waals surface area contributed by atoms with Crippen molar-refractivity contribution in [3.8, 4) is 11.5 Å². The van der Waals surface area contributed by atoms with E-state index in [4.69, 9.17) is 0 Å². The highest BCUT2D eigenvalue weighted by Gasteiger charge is 2.20. The van der Waals surface area contributed by atoms with Crippen LogP contribution >= 0.6 is 0 Å². The van der Waals surface area contributed by atoms with E-state index in [0.717, 1.165) is 75.3 Å². The van der Waals surface area contributed by atoms with Crippen molar-refractivity contribution in [1.82, 2.24) is 21.7 Å². The zero-order valence-electron chi connectivity index (χ0n) is 32.1. The number of unbranched alkanes of at least 4 members (excludes halogenated alkanes) is 13. The molecule has 1 atom stereocenters. The molecule has 10 nitrogen and oxygen atoms in total. The largest absolute Gasteiger partial charge is 0.507 e. The summed E-state index contributed by atoms with van der Waals surface area (Å²) in [5.74, 6) is -2.19. The van der Waals surface area contributed by atoms with Crippen LogP contribution in [0.1, 0.15) is 181 Å². The van der Waals surface area contributed by atoms with E-state index < -0.39 is 11.8 Å². The minimum absolute atomic E-state index is 0.122. The van der Waals surface area contributed by atoms with Crippen molar-refractivity contribution >= 4 is 23.6 Å². The Morgan fingerprint density at radius 1 is 0.519 bits per heavy atom. The predicted molar refractivity (Wildman–Crippen MR) is 208 cm³/mol. The summed E-state index contributed by atoms with van der Waals surface area (Å²) in [7, 11) is 0. The van der Waals surface area contributed by atoms with Crippen LogP contribution in [0.3, 0.4) is 0 Å². The molecule has 4 amide bonds. The highest BCUT2D eigenvalue weighted by atomic mass is 16.3. The van der Waals surface area contributed by atoms with Crippen molar-refractivity contribution < 1.29 is 29.4 Å². The van der Waals surface area contributed by atoms with E-state index >= 15 is 0 Å². The molecule has 6 N–H and O–H groups in total. The third kappa shape index (κ3) is 17.9. The number of hydrogen-bond donors (Lipinski definition) is 6. The Morgan fingerprint density at radius 3 is 1.50 bits per heavy atom. The smallest absolute Gasteiger partial charge is 0.273 e. The molecule has 2 aromatic carbocycles. The summed E-state index contributed by atoms with van der Waals surface area (Å²) in [6.07, 6.45) is 21.2. The van der Waals surface area contributed by atoms with Crippen LogP contribution in [0.25, 0.3) is 0 Å². The molecular weight excluding hydrogens is 656 g/mol. The van der Waals surface area contributed by atoms with E-state index in [9.17, 15) is 29.4 Å². The Bertz CT molecular complexity index is 1360. The molecule has 0 radical (unpaired) electrons. The first-order chi connectivity index (χ1) is 25.2. The van der Waals surface area contributed by atoms with E-state index in [1.54, 1.807) is 12.1 Å². The van der Waals surface area contributed by atoms with Crippen LogP contribution in [0, 0.1) is 5.92 Å². The second-order valence-corrected chi connectivity index (χ2v) is 14.1. The van der Waals surface area contributed by atoms with Gasteiger partial charge in [0, 0.05) is 12.3 Å². The highest BCUT2D eigenvalue weighted by Crippen LogP contribution is 2.22. The number of amides is 4. The van der Waals surface area contributed by atoms with Crippen molar-refractivity contribution in [2.75, 3.05) is 0 Å². The second-order valence-electron chi connectivity index (χ2n) is 14.1. The van der Waals surface area contributed by atoms with Crippen LogP contribution < -0.4 is 21.7 Å². The number of carbonyl (C=O) groups is 4. The second kappa shape index (κ2) is 26.7. The van der Waals surface area contributed by atoms with Gasteiger partial charge in [-0.05, 0) is 80.3 Å². The van der Waals surface area contributed by atoms with Crippen LogP contribution in [0.15, 0.2) is 36.4 Å². The number of nitrogens with one attached hydrogen (secondary N) is 4. The van der Waals surface area contributed by atoms with Gasteiger partial charge in [-0.3, -0.25) is 40.9 Å². The average Bonchev–Trinajstić information content (AvgIpc) is 3.14. The topological polar surface area (TPSA) is 157 Å². The van der Waals surface area contributed by atoms with Crippen LogP contribution in [-0.4, -0.2) is 33.8 Å². The highest BCUT2D eigenvalue weighted by molar-refractivity contribution is 5.98. The maximum absolute atomic E-state index is 12.9. The van der Waals surface area contributed by atoms with Gasteiger partial charge in [0.15, 0.2) is 0 Å². The third-order valence-corrected chi connectivity index (χ3v) is 9.58. The number of hydrogen-bond acceptors (Lipinski definition) is 6. The summed E-state index contributed by atoms with van der Waals surface area (Å²) in [6.45, 7) is 6.40. The number of phenols is 2. The summed E-state index contributed by atoms with van der Waals surface area (Å²) < 4.78 is 0. The summed E-state index contributed by atoms with van der Waals surface area (Å²) in [4.78, 5) is 50.8. The van der Waals surface area contributed by atoms with Gasteiger partial charge in [-0.1, -0.05) is 123 Å². The third-order valence-electron chi connectivity index (χ3n) is 9.58. The zero-order valence-corrected chi connectivity index (χ0v) is 32.1. The maximum Gasteiger partial charge on any atom is 0.273 e. The molecular formula is C42H66N4O6. The number of rotatable bonds is 26. The summed E-state index contributed by atoms with van der Waals surface area (Å²) >= 11 is 0. The summed E-state index contributed by atoms with van der Waals surface area (Å²) in [5, 5.41) is 20.5. The van der Waals surface area contributed by atoms with Crippen molar-refractivity contribution in [2.24, 2.45) is 5.92 Å². The van der Waals surface area contributed by atoms with Crippen LogP contribution in [-0.2, 0) is 22.4 Å². The Hall–Kier alpha value is -4.08. The average molecular weight is 723 g/mol. The first-order valence-electron chi connectivity index (χ1n) is 20.0. The van der Waals surface area contributed by atoms with Gasteiger partial charge in [-0.2, -0.15) is 0 Å². The molecule has 10 heteroatoms. The molecule has 2 rings (SSSR count). The SMILES string of the molecule is CCCCCCCCc1ccc(O)c(C(=O)NNC(=O)CCCCCCC(CCC)C(=O)NNC(=O)c2cc(CCCCCCCC)ccc2O)c1. The standard InChI is InChI=1S/C42H66N4O6/c1-4-7-9-11-13-17-22-32-26-28-37(47)35(30-32)41(51)45-43-39(49)25-20-16-15-19-24-34(21-6-3)40(50)44-46-42(52)36-31-33(27-29-38(36)48)23-18-14-12-10-8-5-2/h26-31,34,47-48H,4-25H2,1-3H3,(H,43,49)(H,44,50)(H,45,51)(H,46,52). The Balaban J connectivity index is 1.67. The zero-order chi connectivity index (χ0) is 38.0. The van der Waals surface area contributed by atoms with Gasteiger partial charge >= 0.3 is 0 Å². The minimum atomic E-state index is -0.555. The molecule has 0 aliphatic rings. The molecule has 0 aliphatic heterocycles. The Labute approximate surface area is 312 Å². The fraction of sp³-hybridized carbons (Fsp3) is 0.619. The lowest BCUT2D eigenvalue weighted by atomic mass is 9.95. The molecule has 1 unspecified atom stereocenters. The lowest BCUT2D eigenvalue weighted by molar-refractivity contribution is -0.126. The Kier molecular flexibility index (Phi) is 22.6. The fourth-order valence-electron chi connectivity index (χ4n) is 6.39. The molecule has 0 spiro atoms. The van der Waals surface area contributed by atoms with Gasteiger partial charge in [0.05, 0.1) is 11.1 Å². The predicted octanol–water partition coefficient (Wildman–Crippen LogP) is 8.88. The fourth-order valence-corrected chi connectivity index (χ4v) is 6.39. The first-order valence-corrected chi connectivity index (χ1v) is 20.0. The first kappa shape index (κ1) is 44.1. The maximum atomic E-state index is 12.9. The number of benzene rings is 2. The lowest BCUT2D eigenvalue weighted by Crippen LogP contribution is -2.44. The van der Waals surface area contributed by atoms with Gasteiger partial charge in [0.2, 0.25) is 11.8 Å². The normalized spacial score (nSPS) is 11.5. The van der Waals surface area contributed by atoms with Crippen molar-refractivity contribution in [3.05, 3.63) is 58.7 Å². The van der Waals surface area contributed by atoms with E-state index in [2.05, 4.69) is 35.6 Å². The number of carbonyl (C=O) groups excluding carboxylic acids is 4. The van der Waals surface area contributed by atoms with E-state index in [-0.39, 0.29) is 46.8 Å². The molecule has 0 heterocycles. The molecule has 2 aromatic rings. The van der Waals surface area contributed by atoms with Crippen LogP contribution in [0.5, 0.6) is 11.5 Å². The molecule has 0 saturated heterocycles. The van der Waals surface area contributed by atoms with Crippen LogP contribution in [0.2, 0.25) is 0 Å². The molecule has 290 valence electrons. The van der Waals surface area contributed by atoms with Gasteiger partial charge in [0.25, 0.3) is 11.8 Å². The number of phenolic OH excluding ortho intramolecular Hbond substituents is 2. The minimum Gasteiger partial charge on any atom is -0.507 e. The molecule has 0 bridgehead atoms. The van der Waals surface area contributed by atoms with Gasteiger partial charge in [0.1, 0.15) is 11.5 Å². The van der Waals surface area contributed by atoms with Crippen molar-refractivity contribution in [2.45, 2.75) is 162 Å². The van der Waals surface area contributed by atoms with Gasteiger partial charge in [-0.15, -0.1) is 0 Å². The quantitative estimate of drug-likeness (QED) is 0.0421. The van der Waals surface area contributed by atoms with Crippen molar-refractivity contribution in [3.63, 3.8) is 0 Å². The molecule has 52 heavy (non-hydrogen) atoms. The molecule has 0 aromatic heterocycles. The van der Waals surface area contributed by atoms with Crippen LogP contribution in [0.4, 0.5) is 0 Å². The van der Waals surface area contributed by atoms with Crippen molar-refractivity contribution in [1.29, 1.82) is 0 Å².